The molecule has 0 bridgehead atoms. The topological polar surface area (TPSA) is 75.3 Å². The van der Waals surface area contributed by atoms with Gasteiger partial charge < -0.3 is 5.32 Å². The van der Waals surface area contributed by atoms with E-state index in [9.17, 15) is 0 Å². The number of aryl methyl sites for hydroxylation is 1. The van der Waals surface area contributed by atoms with Gasteiger partial charge in [-0.2, -0.15) is 0 Å². The number of hydrazine groups is 1. The van der Waals surface area contributed by atoms with Crippen molar-refractivity contribution in [2.24, 2.45) is 10.8 Å². The first-order valence-corrected chi connectivity index (χ1v) is 6.30. The molecule has 0 aliphatic carbocycles. The van der Waals surface area contributed by atoms with Crippen LogP contribution in [0.2, 0.25) is 0 Å². The molecule has 0 saturated heterocycles. The number of nitrogens with two attached hydrogens (primary N) is 1. The maximum atomic E-state index is 5.36. The molecule has 1 rings (SSSR count). The summed E-state index contributed by atoms with van der Waals surface area (Å²) in [7, 11) is 0. The molecule has 6 heteroatoms. The quantitative estimate of drug-likeness (QED) is 0.238. The molecule has 0 saturated carbocycles. The van der Waals surface area contributed by atoms with E-state index in [0.717, 1.165) is 30.1 Å². The second kappa shape index (κ2) is 7.19. The van der Waals surface area contributed by atoms with Crippen LogP contribution in [0.5, 0.6) is 0 Å². The fourth-order valence-corrected chi connectivity index (χ4v) is 1.78. The Morgan fingerprint density at radius 1 is 1.62 bits per heavy atom. The number of unbranched alkanes of at least 4 members (excludes halogenated alkanes) is 1. The van der Waals surface area contributed by atoms with Crippen molar-refractivity contribution in [3.8, 4) is 0 Å². The third-order valence-electron chi connectivity index (χ3n) is 2.03. The zero-order valence-electron chi connectivity index (χ0n) is 9.79. The number of nitrogens with one attached hydrogen (secondary N) is 2. The number of thiazole rings is 1. The van der Waals surface area contributed by atoms with Gasteiger partial charge in [0.25, 0.3) is 0 Å². The summed E-state index contributed by atoms with van der Waals surface area (Å²) in [4.78, 5) is 8.64. The molecule has 0 fully saturated rings. The van der Waals surface area contributed by atoms with Gasteiger partial charge in [0, 0.05) is 11.9 Å². The largest absolute Gasteiger partial charge is 0.355 e. The lowest BCUT2D eigenvalue weighted by Gasteiger charge is -2.07. The highest BCUT2D eigenvalue weighted by Gasteiger charge is 1.98. The average molecular weight is 241 g/mol. The van der Waals surface area contributed by atoms with Gasteiger partial charge in [-0.25, -0.2) is 15.8 Å². The van der Waals surface area contributed by atoms with E-state index in [-0.39, 0.29) is 0 Å². The van der Waals surface area contributed by atoms with E-state index >= 15 is 0 Å². The summed E-state index contributed by atoms with van der Waals surface area (Å²) in [5.74, 6) is 5.99. The van der Waals surface area contributed by atoms with Crippen molar-refractivity contribution < 1.29 is 0 Å². The Bertz CT molecular complexity index is 334. The van der Waals surface area contributed by atoms with Crippen molar-refractivity contribution in [3.05, 3.63) is 16.1 Å². The van der Waals surface area contributed by atoms with Crippen LogP contribution in [-0.2, 0) is 6.54 Å². The fraction of sp³-hybridized carbons (Fsp3) is 0.600. The second-order valence-electron chi connectivity index (χ2n) is 3.45. The lowest BCUT2D eigenvalue weighted by molar-refractivity contribution is 0.731. The van der Waals surface area contributed by atoms with Crippen LogP contribution in [-0.4, -0.2) is 17.5 Å². The number of aromatic nitrogens is 1. The van der Waals surface area contributed by atoms with Crippen LogP contribution in [0.1, 0.15) is 30.5 Å². The highest BCUT2D eigenvalue weighted by Crippen LogP contribution is 2.08. The third kappa shape index (κ3) is 4.59. The molecule has 16 heavy (non-hydrogen) atoms. The van der Waals surface area contributed by atoms with Crippen molar-refractivity contribution in [2.75, 3.05) is 6.54 Å². The summed E-state index contributed by atoms with van der Waals surface area (Å²) < 4.78 is 0. The molecular weight excluding hydrogens is 222 g/mol. The van der Waals surface area contributed by atoms with Crippen LogP contribution in [0.15, 0.2) is 10.4 Å². The zero-order chi connectivity index (χ0) is 11.8. The first kappa shape index (κ1) is 12.9. The maximum Gasteiger partial charge on any atom is 0.206 e. The lowest BCUT2D eigenvalue weighted by Crippen LogP contribution is -2.41. The number of aliphatic imine (C=N–C) groups is 1. The first-order chi connectivity index (χ1) is 7.76. The SMILES string of the molecule is CCCCNC(=NCc1csc(C)n1)NN. The predicted molar refractivity (Wildman–Crippen MR) is 68.2 cm³/mol. The molecule has 0 aliphatic heterocycles. The van der Waals surface area contributed by atoms with Crippen molar-refractivity contribution in [1.82, 2.24) is 15.7 Å². The minimum atomic E-state index is 0.559. The molecule has 0 aromatic carbocycles. The Kier molecular flexibility index (Phi) is 5.81. The summed E-state index contributed by atoms with van der Waals surface area (Å²) in [6, 6.07) is 0. The van der Waals surface area contributed by atoms with E-state index in [1.54, 1.807) is 11.3 Å². The molecule has 0 atom stereocenters. The van der Waals surface area contributed by atoms with Gasteiger partial charge in [0.15, 0.2) is 0 Å². The minimum absolute atomic E-state index is 0.559. The van der Waals surface area contributed by atoms with Crippen molar-refractivity contribution >= 4 is 17.3 Å². The van der Waals surface area contributed by atoms with E-state index in [0.29, 0.717) is 12.5 Å². The minimum Gasteiger partial charge on any atom is -0.355 e. The highest BCUT2D eigenvalue weighted by atomic mass is 32.1. The normalized spacial score (nSPS) is 11.6. The zero-order valence-corrected chi connectivity index (χ0v) is 10.6. The van der Waals surface area contributed by atoms with Gasteiger partial charge in [-0.1, -0.05) is 13.3 Å². The Morgan fingerprint density at radius 2 is 2.44 bits per heavy atom. The number of nitrogens with zero attached hydrogens (tertiary/aromatic N) is 2. The van der Waals surface area contributed by atoms with Crippen LogP contribution < -0.4 is 16.6 Å². The average Bonchev–Trinajstić information content (AvgIpc) is 2.69. The number of rotatable bonds is 5. The Labute approximate surface area is 100 Å². The maximum absolute atomic E-state index is 5.36. The molecule has 1 aromatic heterocycles. The van der Waals surface area contributed by atoms with Crippen LogP contribution in [0.25, 0.3) is 0 Å². The second-order valence-corrected chi connectivity index (χ2v) is 4.51. The molecule has 4 N–H and O–H groups in total. The summed E-state index contributed by atoms with van der Waals surface area (Å²) in [6.45, 7) is 5.57. The molecule has 5 nitrogen and oxygen atoms in total. The molecule has 0 radical (unpaired) electrons. The Balaban J connectivity index is 2.40. The fourth-order valence-electron chi connectivity index (χ4n) is 1.18. The van der Waals surface area contributed by atoms with Gasteiger partial charge in [0.05, 0.1) is 17.2 Å². The van der Waals surface area contributed by atoms with Gasteiger partial charge in [0.2, 0.25) is 5.96 Å². The van der Waals surface area contributed by atoms with Gasteiger partial charge in [0.1, 0.15) is 0 Å². The van der Waals surface area contributed by atoms with Crippen molar-refractivity contribution in [3.63, 3.8) is 0 Å². The van der Waals surface area contributed by atoms with E-state index < -0.39 is 0 Å². The van der Waals surface area contributed by atoms with Crippen molar-refractivity contribution in [1.29, 1.82) is 0 Å². The van der Waals surface area contributed by atoms with Crippen molar-refractivity contribution in [2.45, 2.75) is 33.2 Å². The van der Waals surface area contributed by atoms with Gasteiger partial charge in [-0.3, -0.25) is 5.43 Å². The molecule has 1 heterocycles. The smallest absolute Gasteiger partial charge is 0.206 e. The van der Waals surface area contributed by atoms with Crippen LogP contribution >= 0.6 is 11.3 Å². The summed E-state index contributed by atoms with van der Waals surface area (Å²) in [5.41, 5.74) is 3.53. The summed E-state index contributed by atoms with van der Waals surface area (Å²) in [6.07, 6.45) is 2.26. The molecule has 0 spiro atoms. The Morgan fingerprint density at radius 3 is 3.00 bits per heavy atom. The molecule has 0 aliphatic rings. The Hall–Kier alpha value is -1.14. The monoisotopic (exact) mass is 241 g/mol. The standard InChI is InChI=1S/C10H19N5S/c1-3-4-5-12-10(15-11)13-6-9-7-16-8(2)14-9/h7H,3-6,11H2,1-2H3,(H2,12,13,15). The molecule has 0 amide bonds. The highest BCUT2D eigenvalue weighted by molar-refractivity contribution is 7.09. The van der Waals surface area contributed by atoms with Gasteiger partial charge in [-0.05, 0) is 13.3 Å². The summed E-state index contributed by atoms with van der Waals surface area (Å²) in [5, 5.41) is 6.21. The third-order valence-corrected chi connectivity index (χ3v) is 2.85. The van der Waals surface area contributed by atoms with E-state index in [4.69, 9.17) is 5.84 Å². The predicted octanol–water partition coefficient (Wildman–Crippen LogP) is 1.16. The van der Waals surface area contributed by atoms with E-state index in [1.807, 2.05) is 12.3 Å². The molecule has 90 valence electrons. The number of guanidine groups is 1. The molecule has 0 unspecified atom stereocenters. The summed E-state index contributed by atoms with van der Waals surface area (Å²) >= 11 is 1.63. The van der Waals surface area contributed by atoms with Crippen LogP contribution in [0.3, 0.4) is 0 Å². The van der Waals surface area contributed by atoms with Crippen LogP contribution in [0.4, 0.5) is 0 Å². The van der Waals surface area contributed by atoms with Gasteiger partial charge >= 0.3 is 0 Å². The lowest BCUT2D eigenvalue weighted by atomic mass is 10.3. The molecular formula is C10H19N5S. The first-order valence-electron chi connectivity index (χ1n) is 5.42. The molecule has 1 aromatic rings. The van der Waals surface area contributed by atoms with E-state index in [1.165, 1.54) is 0 Å². The van der Waals surface area contributed by atoms with E-state index in [2.05, 4.69) is 27.6 Å². The number of hydrogen-bond donors (Lipinski definition) is 3. The number of hydrogen-bond acceptors (Lipinski definition) is 4. The van der Waals surface area contributed by atoms with Gasteiger partial charge in [-0.15, -0.1) is 11.3 Å². The van der Waals surface area contributed by atoms with Crippen LogP contribution in [0, 0.1) is 6.92 Å².